The molecular weight excluding hydrogens is 320 g/mol. The molecule has 2 aromatic rings. The minimum Gasteiger partial charge on any atom is -0.465 e. The number of amidine groups is 1. The number of ether oxygens (including phenoxy) is 1. The summed E-state index contributed by atoms with van der Waals surface area (Å²) in [5.41, 5.74) is 2.14. The van der Waals surface area contributed by atoms with Crippen LogP contribution in [0.3, 0.4) is 0 Å². The largest absolute Gasteiger partial charge is 0.465 e. The predicted molar refractivity (Wildman–Crippen MR) is 106 cm³/mol. The first-order valence-electron chi connectivity index (χ1n) is 9.85. The van der Waals surface area contributed by atoms with Gasteiger partial charge >= 0.3 is 0 Å². The van der Waals surface area contributed by atoms with Gasteiger partial charge in [0.2, 0.25) is 0 Å². The molecule has 0 spiro atoms. The maximum atomic E-state index is 6.15. The first-order valence-corrected chi connectivity index (χ1v) is 9.85. The lowest BCUT2D eigenvalue weighted by Gasteiger charge is -2.31. The SMILES string of the molecule is C[C@@]1(c2ccccc2)NC(OCC2CCCCC2)=N[C@@H]1c1ccccc1. The van der Waals surface area contributed by atoms with Gasteiger partial charge in [0.15, 0.2) is 0 Å². The summed E-state index contributed by atoms with van der Waals surface area (Å²) in [7, 11) is 0. The third-order valence-electron chi connectivity index (χ3n) is 5.83. The molecule has 0 unspecified atom stereocenters. The number of nitrogens with one attached hydrogen (secondary N) is 1. The maximum Gasteiger partial charge on any atom is 0.286 e. The van der Waals surface area contributed by atoms with Crippen LogP contribution in [0.25, 0.3) is 0 Å². The zero-order valence-corrected chi connectivity index (χ0v) is 15.5. The van der Waals surface area contributed by atoms with Crippen LogP contribution in [0.4, 0.5) is 0 Å². The zero-order chi connectivity index (χ0) is 17.8. The number of aliphatic imine (C=N–C) groups is 1. The van der Waals surface area contributed by atoms with Crippen molar-refractivity contribution in [3.63, 3.8) is 0 Å². The van der Waals surface area contributed by atoms with E-state index in [1.807, 2.05) is 0 Å². The van der Waals surface area contributed by atoms with Crippen molar-refractivity contribution in [3.8, 4) is 0 Å². The molecule has 26 heavy (non-hydrogen) atoms. The predicted octanol–water partition coefficient (Wildman–Crippen LogP) is 5.20. The van der Waals surface area contributed by atoms with E-state index in [0.29, 0.717) is 11.9 Å². The highest BCUT2D eigenvalue weighted by Gasteiger charge is 2.43. The van der Waals surface area contributed by atoms with Crippen LogP contribution in [0.2, 0.25) is 0 Å². The van der Waals surface area contributed by atoms with Crippen LogP contribution in [0, 0.1) is 5.92 Å². The van der Waals surface area contributed by atoms with Gasteiger partial charge in [0.05, 0.1) is 12.1 Å². The Kier molecular flexibility index (Phi) is 4.96. The van der Waals surface area contributed by atoms with Crippen LogP contribution in [0.5, 0.6) is 0 Å². The van der Waals surface area contributed by atoms with E-state index in [9.17, 15) is 0 Å². The summed E-state index contributed by atoms with van der Waals surface area (Å²) >= 11 is 0. The minimum absolute atomic E-state index is 0.00690. The van der Waals surface area contributed by atoms with Gasteiger partial charge in [0.25, 0.3) is 6.02 Å². The average Bonchev–Trinajstić information content (AvgIpc) is 3.06. The lowest BCUT2D eigenvalue weighted by atomic mass is 9.82. The van der Waals surface area contributed by atoms with E-state index in [0.717, 1.165) is 6.61 Å². The topological polar surface area (TPSA) is 33.6 Å². The second-order valence-corrected chi connectivity index (χ2v) is 7.76. The van der Waals surface area contributed by atoms with Gasteiger partial charge in [-0.1, -0.05) is 79.9 Å². The van der Waals surface area contributed by atoms with Crippen molar-refractivity contribution in [1.29, 1.82) is 0 Å². The Morgan fingerprint density at radius 3 is 2.31 bits per heavy atom. The summed E-state index contributed by atoms with van der Waals surface area (Å²) in [6.07, 6.45) is 6.61. The Morgan fingerprint density at radius 2 is 1.62 bits per heavy atom. The summed E-state index contributed by atoms with van der Waals surface area (Å²) in [4.78, 5) is 4.96. The Balaban J connectivity index is 1.57. The molecule has 0 amide bonds. The van der Waals surface area contributed by atoms with Gasteiger partial charge in [-0.3, -0.25) is 0 Å². The Bertz CT molecular complexity index is 737. The molecule has 1 fully saturated rings. The highest BCUT2D eigenvalue weighted by molar-refractivity contribution is 5.78. The van der Waals surface area contributed by atoms with Crippen LogP contribution in [0.1, 0.15) is 56.2 Å². The highest BCUT2D eigenvalue weighted by Crippen LogP contribution is 2.41. The van der Waals surface area contributed by atoms with Gasteiger partial charge in [0, 0.05) is 0 Å². The molecule has 1 N–H and O–H groups in total. The van der Waals surface area contributed by atoms with Gasteiger partial charge in [-0.15, -0.1) is 0 Å². The first-order chi connectivity index (χ1) is 12.8. The van der Waals surface area contributed by atoms with E-state index >= 15 is 0 Å². The fourth-order valence-corrected chi connectivity index (χ4v) is 4.25. The fraction of sp³-hybridized carbons (Fsp3) is 0.435. The number of benzene rings is 2. The Hall–Kier alpha value is -2.29. The van der Waals surface area contributed by atoms with Crippen molar-refractivity contribution in [2.75, 3.05) is 6.61 Å². The van der Waals surface area contributed by atoms with Crippen molar-refractivity contribution in [1.82, 2.24) is 5.32 Å². The number of rotatable bonds is 4. The third-order valence-corrected chi connectivity index (χ3v) is 5.83. The van der Waals surface area contributed by atoms with Gasteiger partial charge in [0.1, 0.15) is 6.04 Å². The third kappa shape index (κ3) is 3.48. The summed E-state index contributed by atoms with van der Waals surface area (Å²) in [6, 6.07) is 21.8. The molecule has 1 saturated carbocycles. The molecule has 0 bridgehead atoms. The molecule has 3 heteroatoms. The summed E-state index contributed by atoms with van der Waals surface area (Å²) in [5, 5.41) is 3.60. The molecular formula is C23H28N2O. The molecule has 1 heterocycles. The van der Waals surface area contributed by atoms with E-state index in [-0.39, 0.29) is 11.6 Å². The number of hydrogen-bond acceptors (Lipinski definition) is 3. The lowest BCUT2D eigenvalue weighted by Crippen LogP contribution is -2.42. The van der Waals surface area contributed by atoms with E-state index in [1.54, 1.807) is 0 Å². The summed E-state index contributed by atoms with van der Waals surface area (Å²) < 4.78 is 6.15. The van der Waals surface area contributed by atoms with E-state index < -0.39 is 0 Å². The van der Waals surface area contributed by atoms with Crippen molar-refractivity contribution in [2.24, 2.45) is 10.9 Å². The molecule has 0 saturated heterocycles. The monoisotopic (exact) mass is 348 g/mol. The zero-order valence-electron chi connectivity index (χ0n) is 15.5. The van der Waals surface area contributed by atoms with Crippen LogP contribution >= 0.6 is 0 Å². The maximum absolute atomic E-state index is 6.15. The molecule has 3 nitrogen and oxygen atoms in total. The molecule has 4 rings (SSSR count). The van der Waals surface area contributed by atoms with Crippen molar-refractivity contribution < 1.29 is 4.74 Å². The van der Waals surface area contributed by atoms with Gasteiger partial charge in [-0.2, -0.15) is 0 Å². The second-order valence-electron chi connectivity index (χ2n) is 7.76. The second kappa shape index (κ2) is 7.53. The van der Waals surface area contributed by atoms with Crippen molar-refractivity contribution in [2.45, 2.75) is 50.6 Å². The molecule has 2 aliphatic rings. The van der Waals surface area contributed by atoms with Crippen molar-refractivity contribution in [3.05, 3.63) is 71.8 Å². The van der Waals surface area contributed by atoms with Gasteiger partial charge in [-0.05, 0) is 36.8 Å². The highest BCUT2D eigenvalue weighted by atomic mass is 16.5. The minimum atomic E-state index is -0.301. The van der Waals surface area contributed by atoms with Gasteiger partial charge < -0.3 is 10.1 Å². The van der Waals surface area contributed by atoms with Crippen molar-refractivity contribution >= 4 is 6.02 Å². The molecule has 1 aliphatic heterocycles. The molecule has 2 aromatic carbocycles. The van der Waals surface area contributed by atoms with Gasteiger partial charge in [-0.25, -0.2) is 4.99 Å². The quantitative estimate of drug-likeness (QED) is 0.824. The Morgan fingerprint density at radius 1 is 0.962 bits per heavy atom. The van der Waals surface area contributed by atoms with Crippen LogP contribution in [-0.4, -0.2) is 12.6 Å². The van der Waals surface area contributed by atoms with Crippen LogP contribution < -0.4 is 5.32 Å². The lowest BCUT2D eigenvalue weighted by molar-refractivity contribution is 0.190. The number of hydrogen-bond donors (Lipinski definition) is 1. The summed E-state index contributed by atoms with van der Waals surface area (Å²) in [5.74, 6) is 0.673. The van der Waals surface area contributed by atoms with E-state index in [2.05, 4.69) is 72.9 Å². The van der Waals surface area contributed by atoms with Crippen LogP contribution in [-0.2, 0) is 10.3 Å². The fourth-order valence-electron chi connectivity index (χ4n) is 4.25. The van der Waals surface area contributed by atoms with E-state index in [4.69, 9.17) is 9.73 Å². The Labute approximate surface area is 156 Å². The normalized spacial score (nSPS) is 26.2. The molecule has 136 valence electrons. The first kappa shape index (κ1) is 17.1. The molecule has 0 radical (unpaired) electrons. The standard InChI is InChI=1S/C23H28N2O/c1-23(20-15-9-4-10-16-20)21(19-13-7-3-8-14-19)24-22(25-23)26-17-18-11-5-2-6-12-18/h3-4,7-10,13-16,18,21H,2,5-6,11-12,17H2,1H3,(H,24,25)/t21-,23+/m1/s1. The molecule has 1 aliphatic carbocycles. The molecule has 2 atom stereocenters. The summed E-state index contributed by atoms with van der Waals surface area (Å²) in [6.45, 7) is 3.00. The van der Waals surface area contributed by atoms with E-state index in [1.165, 1.54) is 43.2 Å². The average molecular weight is 348 g/mol. The van der Waals surface area contributed by atoms with Crippen LogP contribution in [0.15, 0.2) is 65.7 Å². The number of nitrogens with zero attached hydrogens (tertiary/aromatic N) is 1. The smallest absolute Gasteiger partial charge is 0.286 e. The molecule has 0 aromatic heterocycles.